The van der Waals surface area contributed by atoms with E-state index in [-0.39, 0.29) is 0 Å². The van der Waals surface area contributed by atoms with E-state index >= 15 is 0 Å². The first-order valence-corrected chi connectivity index (χ1v) is 8.50. The molecule has 2 nitrogen and oxygen atoms in total. The van der Waals surface area contributed by atoms with Crippen LogP contribution in [0.3, 0.4) is 0 Å². The Hall–Kier alpha value is -1.22. The maximum Gasteiger partial charge on any atom is 0.110 e. The second-order valence-electron chi connectivity index (χ2n) is 5.88. The van der Waals surface area contributed by atoms with Crippen LogP contribution in [0.5, 0.6) is 0 Å². The van der Waals surface area contributed by atoms with Gasteiger partial charge in [-0.2, -0.15) is 0 Å². The van der Waals surface area contributed by atoms with Crippen LogP contribution in [-0.2, 0) is 0 Å². The molecule has 1 aliphatic heterocycles. The summed E-state index contributed by atoms with van der Waals surface area (Å²) in [7, 11) is 0. The van der Waals surface area contributed by atoms with Crippen molar-refractivity contribution < 1.29 is 4.90 Å². The maximum atomic E-state index is 6.13. The Labute approximate surface area is 142 Å². The highest BCUT2D eigenvalue weighted by Crippen LogP contribution is 2.27. The Morgan fingerprint density at radius 2 is 1.64 bits per heavy atom. The number of benzene rings is 2. The van der Waals surface area contributed by atoms with Crippen molar-refractivity contribution in [1.82, 2.24) is 0 Å². The molecule has 1 heterocycles. The van der Waals surface area contributed by atoms with Crippen molar-refractivity contribution in [3.05, 3.63) is 64.1 Å². The van der Waals surface area contributed by atoms with Gasteiger partial charge in [0.1, 0.15) is 6.04 Å². The van der Waals surface area contributed by atoms with Crippen molar-refractivity contribution in [3.8, 4) is 0 Å². The van der Waals surface area contributed by atoms with Crippen molar-refractivity contribution in [1.29, 1.82) is 0 Å². The molecular formula is C18H21Cl2N2+. The molecular weight excluding hydrogens is 315 g/mol. The molecule has 1 saturated heterocycles. The molecule has 0 radical (unpaired) electrons. The summed E-state index contributed by atoms with van der Waals surface area (Å²) >= 11 is 12.1. The Balaban J connectivity index is 1.64. The number of nitrogens with one attached hydrogen (secondary N) is 1. The van der Waals surface area contributed by atoms with E-state index in [1.165, 1.54) is 11.3 Å². The molecule has 2 aromatic rings. The second-order valence-corrected chi connectivity index (χ2v) is 6.69. The molecule has 1 N–H and O–H groups in total. The van der Waals surface area contributed by atoms with Gasteiger partial charge in [0.15, 0.2) is 0 Å². The van der Waals surface area contributed by atoms with Crippen LogP contribution in [0.1, 0.15) is 18.5 Å². The maximum absolute atomic E-state index is 6.13. The zero-order valence-corrected chi connectivity index (χ0v) is 14.2. The van der Waals surface area contributed by atoms with Crippen LogP contribution < -0.4 is 9.80 Å². The summed E-state index contributed by atoms with van der Waals surface area (Å²) in [6, 6.07) is 17.2. The van der Waals surface area contributed by atoms with E-state index in [1.807, 2.05) is 12.1 Å². The van der Waals surface area contributed by atoms with Crippen LogP contribution in [0, 0.1) is 0 Å². The van der Waals surface area contributed by atoms with Crippen LogP contribution in [0.4, 0.5) is 5.69 Å². The van der Waals surface area contributed by atoms with Crippen molar-refractivity contribution >= 4 is 28.9 Å². The van der Waals surface area contributed by atoms with Crippen LogP contribution >= 0.6 is 23.2 Å². The van der Waals surface area contributed by atoms with E-state index in [0.717, 1.165) is 26.2 Å². The largest absolute Gasteiger partial charge is 0.360 e. The lowest BCUT2D eigenvalue weighted by Gasteiger charge is -2.36. The Morgan fingerprint density at radius 1 is 0.955 bits per heavy atom. The molecule has 0 aliphatic carbocycles. The number of hydrogen-bond acceptors (Lipinski definition) is 1. The van der Waals surface area contributed by atoms with Crippen LogP contribution in [0.25, 0.3) is 0 Å². The summed E-state index contributed by atoms with van der Waals surface area (Å²) < 4.78 is 0. The predicted molar refractivity (Wildman–Crippen MR) is 94.2 cm³/mol. The fraction of sp³-hybridized carbons (Fsp3) is 0.333. The lowest BCUT2D eigenvalue weighted by molar-refractivity contribution is -0.930. The van der Waals surface area contributed by atoms with E-state index < -0.39 is 0 Å². The zero-order chi connectivity index (χ0) is 15.5. The topological polar surface area (TPSA) is 7.68 Å². The summed E-state index contributed by atoms with van der Waals surface area (Å²) in [5.41, 5.74) is 2.58. The van der Waals surface area contributed by atoms with Gasteiger partial charge in [0, 0.05) is 11.3 Å². The molecule has 4 heteroatoms. The molecule has 1 fully saturated rings. The normalized spacial score (nSPS) is 17.5. The predicted octanol–water partition coefficient (Wildman–Crippen LogP) is 3.46. The minimum absolute atomic E-state index is 0.539. The standard InChI is InChI=1S/C18H20Cl2N2/c1-14(15-5-3-2-4-6-15)21-9-11-22(12-10-21)16-7-8-17(19)18(20)13-16/h2-8,13-14H,9-12H2,1H3/p+1/t14-/m1/s1. The number of halogens is 2. The van der Waals surface area contributed by atoms with Crippen molar-refractivity contribution in [2.45, 2.75) is 13.0 Å². The molecule has 116 valence electrons. The van der Waals surface area contributed by atoms with Gasteiger partial charge in [-0.15, -0.1) is 0 Å². The Bertz CT molecular complexity index is 622. The van der Waals surface area contributed by atoms with Crippen LogP contribution in [0.2, 0.25) is 10.0 Å². The number of quaternary nitrogens is 1. The fourth-order valence-corrected chi connectivity index (χ4v) is 3.44. The van der Waals surface area contributed by atoms with Crippen LogP contribution in [0.15, 0.2) is 48.5 Å². The molecule has 0 amide bonds. The third kappa shape index (κ3) is 3.40. The molecule has 1 aliphatic rings. The molecule has 22 heavy (non-hydrogen) atoms. The van der Waals surface area contributed by atoms with Crippen molar-refractivity contribution in [2.24, 2.45) is 0 Å². The summed E-state index contributed by atoms with van der Waals surface area (Å²) in [4.78, 5) is 4.03. The van der Waals surface area contributed by atoms with E-state index in [1.54, 1.807) is 4.90 Å². The second kappa shape index (κ2) is 6.91. The van der Waals surface area contributed by atoms with Gasteiger partial charge in [-0.1, -0.05) is 53.5 Å². The van der Waals surface area contributed by atoms with E-state index in [4.69, 9.17) is 23.2 Å². The van der Waals surface area contributed by atoms with E-state index in [2.05, 4.69) is 48.2 Å². The zero-order valence-electron chi connectivity index (χ0n) is 12.7. The number of hydrogen-bond donors (Lipinski definition) is 1. The Kier molecular flexibility index (Phi) is 4.92. The van der Waals surface area contributed by atoms with Gasteiger partial charge in [-0.3, -0.25) is 0 Å². The number of nitrogens with zero attached hydrogens (tertiary/aromatic N) is 1. The average molecular weight is 336 g/mol. The monoisotopic (exact) mass is 335 g/mol. The summed E-state index contributed by atoms with van der Waals surface area (Å²) in [6.45, 7) is 6.68. The molecule has 0 aromatic heterocycles. The van der Waals surface area contributed by atoms with Gasteiger partial charge in [0.05, 0.1) is 36.2 Å². The summed E-state index contributed by atoms with van der Waals surface area (Å²) in [5, 5.41) is 1.25. The molecule has 3 rings (SSSR count). The minimum Gasteiger partial charge on any atom is -0.360 e. The first kappa shape index (κ1) is 15.7. The summed E-state index contributed by atoms with van der Waals surface area (Å²) in [6.07, 6.45) is 0. The molecule has 0 bridgehead atoms. The van der Waals surface area contributed by atoms with Gasteiger partial charge >= 0.3 is 0 Å². The first-order chi connectivity index (χ1) is 10.6. The SMILES string of the molecule is C[C@H](c1ccccc1)[NH+]1CCN(c2ccc(Cl)c(Cl)c2)CC1. The summed E-state index contributed by atoms with van der Waals surface area (Å²) in [5.74, 6) is 0. The Morgan fingerprint density at radius 3 is 2.27 bits per heavy atom. The quantitative estimate of drug-likeness (QED) is 0.902. The van der Waals surface area contributed by atoms with E-state index in [0.29, 0.717) is 16.1 Å². The third-order valence-corrected chi connectivity index (χ3v) is 5.32. The van der Waals surface area contributed by atoms with Crippen molar-refractivity contribution in [2.75, 3.05) is 31.1 Å². The molecule has 0 unspecified atom stereocenters. The fourth-order valence-electron chi connectivity index (χ4n) is 3.14. The number of anilines is 1. The van der Waals surface area contributed by atoms with Gasteiger partial charge in [-0.25, -0.2) is 0 Å². The average Bonchev–Trinajstić information content (AvgIpc) is 2.58. The van der Waals surface area contributed by atoms with Gasteiger partial charge in [0.2, 0.25) is 0 Å². The number of rotatable bonds is 3. The first-order valence-electron chi connectivity index (χ1n) is 7.74. The van der Waals surface area contributed by atoms with Gasteiger partial charge < -0.3 is 9.80 Å². The lowest BCUT2D eigenvalue weighted by atomic mass is 10.1. The van der Waals surface area contributed by atoms with Gasteiger partial charge in [-0.05, 0) is 25.1 Å². The van der Waals surface area contributed by atoms with Gasteiger partial charge in [0.25, 0.3) is 0 Å². The highest BCUT2D eigenvalue weighted by molar-refractivity contribution is 6.42. The molecule has 2 aromatic carbocycles. The molecule has 1 atom stereocenters. The molecule has 0 spiro atoms. The van der Waals surface area contributed by atoms with Crippen molar-refractivity contribution in [3.63, 3.8) is 0 Å². The highest BCUT2D eigenvalue weighted by Gasteiger charge is 2.25. The lowest BCUT2D eigenvalue weighted by Crippen LogP contribution is -3.14. The highest BCUT2D eigenvalue weighted by atomic mass is 35.5. The van der Waals surface area contributed by atoms with E-state index in [9.17, 15) is 0 Å². The number of piperazine rings is 1. The molecule has 0 saturated carbocycles. The smallest absolute Gasteiger partial charge is 0.110 e. The minimum atomic E-state index is 0.539. The third-order valence-electron chi connectivity index (χ3n) is 4.59. The van der Waals surface area contributed by atoms with Crippen LogP contribution in [-0.4, -0.2) is 26.2 Å².